The van der Waals surface area contributed by atoms with Crippen molar-refractivity contribution in [1.29, 1.82) is 0 Å². The summed E-state index contributed by atoms with van der Waals surface area (Å²) in [5.74, 6) is 0.738. The molecule has 0 aromatic heterocycles. The molecule has 0 aromatic carbocycles. The van der Waals surface area contributed by atoms with Crippen LogP contribution < -0.4 is 0 Å². The molecule has 1 aliphatic rings. The Bertz CT molecular complexity index is 299. The molecule has 0 radical (unpaired) electrons. The molecule has 3 N–H and O–H groups in total. The molecule has 130 valence electrons. The van der Waals surface area contributed by atoms with E-state index in [9.17, 15) is 9.90 Å². The molecule has 5 nitrogen and oxygen atoms in total. The number of hydrogen-bond acceptors (Lipinski definition) is 3. The number of hydrogen-bond donors (Lipinski definition) is 3. The minimum atomic E-state index is -1.83. The molecule has 1 rings (SSSR count). The Morgan fingerprint density at radius 1 is 0.955 bits per heavy atom. The maximum Gasteiger partial charge on any atom is 0.503 e. The van der Waals surface area contributed by atoms with Gasteiger partial charge in [-0.25, -0.2) is 4.79 Å². The molecule has 0 amide bonds. The highest BCUT2D eigenvalue weighted by Crippen LogP contribution is 2.19. The zero-order valence-corrected chi connectivity index (χ0v) is 13.8. The number of rotatable bonds is 0. The number of Topliss-reactive ketones (excluding diaryl/α,β-unsaturated/α-hetero) is 1. The van der Waals surface area contributed by atoms with Crippen molar-refractivity contribution in [2.45, 2.75) is 90.1 Å². The van der Waals surface area contributed by atoms with Gasteiger partial charge in [-0.1, -0.05) is 51.9 Å². The molecule has 22 heavy (non-hydrogen) atoms. The van der Waals surface area contributed by atoms with Gasteiger partial charge in [0.1, 0.15) is 5.78 Å². The van der Waals surface area contributed by atoms with Crippen molar-refractivity contribution < 1.29 is 24.9 Å². The molecule has 5 heteroatoms. The lowest BCUT2D eigenvalue weighted by Crippen LogP contribution is -2.14. The first-order valence-electron chi connectivity index (χ1n) is 8.53. The number of aliphatic hydroxyl groups is 1. The Balaban J connectivity index is 0.000000980. The molecule has 0 aliphatic heterocycles. The van der Waals surface area contributed by atoms with E-state index in [0.29, 0.717) is 18.1 Å². The van der Waals surface area contributed by atoms with Gasteiger partial charge in [0.25, 0.3) is 0 Å². The second-order valence-corrected chi connectivity index (χ2v) is 6.39. The standard InChI is InChI=1S/C16H30O2.CH2O3/c1-14-12-15(17)10-8-6-4-2-3-5-7-9-11-16(18)13-14;2-1(3)4/h14-15,17H,2-13H2,1H3;(H2,2,3,4). The van der Waals surface area contributed by atoms with Gasteiger partial charge in [-0.3, -0.25) is 4.79 Å². The number of carbonyl (C=O) groups excluding carboxylic acids is 1. The predicted molar refractivity (Wildman–Crippen MR) is 86.2 cm³/mol. The molecule has 0 aromatic rings. The summed E-state index contributed by atoms with van der Waals surface area (Å²) >= 11 is 0. The zero-order valence-electron chi connectivity index (χ0n) is 13.8. The van der Waals surface area contributed by atoms with Crippen molar-refractivity contribution in [3.8, 4) is 0 Å². The number of carboxylic acid groups (broad SMARTS) is 2. The van der Waals surface area contributed by atoms with Crippen molar-refractivity contribution in [1.82, 2.24) is 0 Å². The van der Waals surface area contributed by atoms with Gasteiger partial charge in [0.15, 0.2) is 0 Å². The molecule has 0 spiro atoms. The summed E-state index contributed by atoms with van der Waals surface area (Å²) in [5, 5.41) is 23.9. The third kappa shape index (κ3) is 15.3. The van der Waals surface area contributed by atoms with E-state index < -0.39 is 6.16 Å². The maximum absolute atomic E-state index is 11.8. The zero-order chi connectivity index (χ0) is 16.8. The van der Waals surface area contributed by atoms with Crippen LogP contribution in [0.4, 0.5) is 4.79 Å². The van der Waals surface area contributed by atoms with Gasteiger partial charge >= 0.3 is 6.16 Å². The van der Waals surface area contributed by atoms with Crippen LogP contribution in [0.5, 0.6) is 0 Å². The van der Waals surface area contributed by atoms with Gasteiger partial charge in [-0.15, -0.1) is 0 Å². The average Bonchev–Trinajstić information content (AvgIpc) is 2.39. The monoisotopic (exact) mass is 316 g/mol. The van der Waals surface area contributed by atoms with E-state index in [1.165, 1.54) is 38.5 Å². The first-order valence-corrected chi connectivity index (χ1v) is 8.53. The summed E-state index contributed by atoms with van der Waals surface area (Å²) in [6.07, 6.45) is 11.0. The highest BCUT2D eigenvalue weighted by atomic mass is 16.6. The van der Waals surface area contributed by atoms with Gasteiger partial charge in [0, 0.05) is 12.8 Å². The summed E-state index contributed by atoms with van der Waals surface area (Å²) in [5.41, 5.74) is 0. The van der Waals surface area contributed by atoms with Gasteiger partial charge < -0.3 is 15.3 Å². The lowest BCUT2D eigenvalue weighted by Gasteiger charge is -2.15. The number of aliphatic hydroxyl groups excluding tert-OH is 1. The van der Waals surface area contributed by atoms with Crippen molar-refractivity contribution in [3.63, 3.8) is 0 Å². The molecular weight excluding hydrogens is 284 g/mol. The molecule has 2 atom stereocenters. The first-order chi connectivity index (χ1) is 10.4. The highest BCUT2D eigenvalue weighted by Gasteiger charge is 2.14. The van der Waals surface area contributed by atoms with Crippen LogP contribution in [0.2, 0.25) is 0 Å². The number of carbonyl (C=O) groups is 2. The van der Waals surface area contributed by atoms with Crippen LogP contribution in [0.3, 0.4) is 0 Å². The Morgan fingerprint density at radius 2 is 1.41 bits per heavy atom. The van der Waals surface area contributed by atoms with Gasteiger partial charge in [-0.05, 0) is 25.2 Å². The van der Waals surface area contributed by atoms with Crippen LogP contribution in [0, 0.1) is 5.92 Å². The quantitative estimate of drug-likeness (QED) is 0.613. The third-order valence-electron chi connectivity index (χ3n) is 3.99. The summed E-state index contributed by atoms with van der Waals surface area (Å²) in [6, 6.07) is 0. The summed E-state index contributed by atoms with van der Waals surface area (Å²) < 4.78 is 0. The van der Waals surface area contributed by atoms with E-state index >= 15 is 0 Å². The molecular formula is C17H32O5. The minimum Gasteiger partial charge on any atom is -0.450 e. The molecule has 0 heterocycles. The normalized spacial score (nSPS) is 26.0. The first kappa shape index (κ1) is 20.9. The Hall–Kier alpha value is -1.10. The fraction of sp³-hybridized carbons (Fsp3) is 0.882. The van der Waals surface area contributed by atoms with E-state index in [-0.39, 0.29) is 6.10 Å². The molecule has 2 unspecified atom stereocenters. The second kappa shape index (κ2) is 13.6. The van der Waals surface area contributed by atoms with Crippen molar-refractivity contribution in [2.24, 2.45) is 5.92 Å². The fourth-order valence-corrected chi connectivity index (χ4v) is 2.92. The highest BCUT2D eigenvalue weighted by molar-refractivity contribution is 5.78. The van der Waals surface area contributed by atoms with Crippen LogP contribution >= 0.6 is 0 Å². The largest absolute Gasteiger partial charge is 0.503 e. The SMILES string of the molecule is CC1CC(=O)CCCCCCCCCCC(O)C1.O=C(O)O. The van der Waals surface area contributed by atoms with Gasteiger partial charge in [0.05, 0.1) is 6.10 Å². The maximum atomic E-state index is 11.8. The number of ketones is 1. The van der Waals surface area contributed by atoms with Crippen molar-refractivity contribution >= 4 is 11.9 Å². The van der Waals surface area contributed by atoms with E-state index in [1.807, 2.05) is 0 Å². The molecule has 0 saturated heterocycles. The topological polar surface area (TPSA) is 94.8 Å². The summed E-state index contributed by atoms with van der Waals surface area (Å²) in [4.78, 5) is 20.3. The molecule has 1 saturated carbocycles. The van der Waals surface area contributed by atoms with Crippen LogP contribution in [-0.4, -0.2) is 33.4 Å². The van der Waals surface area contributed by atoms with Crippen molar-refractivity contribution in [3.05, 3.63) is 0 Å². The van der Waals surface area contributed by atoms with E-state index in [4.69, 9.17) is 15.0 Å². The molecule has 1 fully saturated rings. The lowest BCUT2D eigenvalue weighted by atomic mass is 9.94. The third-order valence-corrected chi connectivity index (χ3v) is 3.99. The Kier molecular flexibility index (Phi) is 12.9. The summed E-state index contributed by atoms with van der Waals surface area (Å²) in [7, 11) is 0. The second-order valence-electron chi connectivity index (χ2n) is 6.39. The van der Waals surface area contributed by atoms with E-state index in [2.05, 4.69) is 6.92 Å². The molecule has 1 aliphatic carbocycles. The van der Waals surface area contributed by atoms with Crippen molar-refractivity contribution in [2.75, 3.05) is 0 Å². The van der Waals surface area contributed by atoms with Gasteiger partial charge in [0.2, 0.25) is 0 Å². The van der Waals surface area contributed by atoms with Crippen LogP contribution in [0.15, 0.2) is 0 Å². The fourth-order valence-electron chi connectivity index (χ4n) is 2.92. The smallest absolute Gasteiger partial charge is 0.450 e. The lowest BCUT2D eigenvalue weighted by molar-refractivity contribution is -0.120. The summed E-state index contributed by atoms with van der Waals surface area (Å²) in [6.45, 7) is 2.10. The van der Waals surface area contributed by atoms with E-state index in [0.717, 1.165) is 32.1 Å². The van der Waals surface area contributed by atoms with Crippen LogP contribution in [-0.2, 0) is 4.79 Å². The van der Waals surface area contributed by atoms with Crippen LogP contribution in [0.1, 0.15) is 84.0 Å². The van der Waals surface area contributed by atoms with Gasteiger partial charge in [-0.2, -0.15) is 0 Å². The minimum absolute atomic E-state index is 0.196. The van der Waals surface area contributed by atoms with E-state index in [1.54, 1.807) is 0 Å². The Labute approximate surface area is 133 Å². The predicted octanol–water partition coefficient (Wildman–Crippen LogP) is 4.47. The Morgan fingerprint density at radius 3 is 1.95 bits per heavy atom. The molecule has 0 bridgehead atoms. The van der Waals surface area contributed by atoms with Crippen LogP contribution in [0.25, 0.3) is 0 Å². The average molecular weight is 316 g/mol.